The van der Waals surface area contributed by atoms with E-state index >= 15 is 0 Å². The second-order valence-corrected chi connectivity index (χ2v) is 8.16. The minimum atomic E-state index is -3.71. The van der Waals surface area contributed by atoms with Crippen LogP contribution >= 0.6 is 0 Å². The topological polar surface area (TPSA) is 74.8 Å². The molecule has 2 amide bonds. The van der Waals surface area contributed by atoms with E-state index in [2.05, 4.69) is 0 Å². The van der Waals surface area contributed by atoms with Gasteiger partial charge in [0.05, 0.1) is 6.26 Å². The molecule has 2 aromatic rings. The third-order valence-electron chi connectivity index (χ3n) is 4.66. The first-order chi connectivity index (χ1) is 11.9. The van der Waals surface area contributed by atoms with Gasteiger partial charge in [0.1, 0.15) is 12.2 Å². The number of carbonyl (C=O) groups is 2. The molecular weight excluding hydrogens is 340 g/mol. The van der Waals surface area contributed by atoms with Crippen molar-refractivity contribution in [3.63, 3.8) is 0 Å². The number of fused-ring (bicyclic) bond motifs is 3. The molecule has 25 heavy (non-hydrogen) atoms. The number of imide groups is 1. The summed E-state index contributed by atoms with van der Waals surface area (Å²) in [5.41, 5.74) is 1.78. The lowest BCUT2D eigenvalue weighted by Crippen LogP contribution is -2.40. The smallest absolute Gasteiger partial charge is 0.262 e. The molecule has 128 valence electrons. The third-order valence-corrected chi connectivity index (χ3v) is 5.88. The Hall–Kier alpha value is -2.51. The number of hydrogen-bond acceptors (Lipinski definition) is 4. The molecule has 1 saturated heterocycles. The van der Waals surface area contributed by atoms with Crippen molar-refractivity contribution in [2.24, 2.45) is 0 Å². The van der Waals surface area contributed by atoms with Gasteiger partial charge in [-0.15, -0.1) is 0 Å². The second-order valence-electron chi connectivity index (χ2n) is 6.27. The Morgan fingerprint density at radius 1 is 0.960 bits per heavy atom. The maximum Gasteiger partial charge on any atom is 0.262 e. The minimum Gasteiger partial charge on any atom is -0.272 e. The summed E-state index contributed by atoms with van der Waals surface area (Å²) in [5.74, 6) is -0.907. The Morgan fingerprint density at radius 2 is 1.60 bits per heavy atom. The highest BCUT2D eigenvalue weighted by atomic mass is 32.2. The van der Waals surface area contributed by atoms with Gasteiger partial charge in [-0.25, -0.2) is 8.42 Å². The van der Waals surface area contributed by atoms with Crippen LogP contribution in [0.15, 0.2) is 54.6 Å². The van der Waals surface area contributed by atoms with E-state index in [4.69, 9.17) is 0 Å². The van der Waals surface area contributed by atoms with Gasteiger partial charge in [-0.3, -0.25) is 14.5 Å². The maximum atomic E-state index is 12.9. The molecule has 2 aliphatic rings. The molecule has 0 N–H and O–H groups in total. The molecule has 0 aliphatic carbocycles. The molecule has 2 heterocycles. The van der Waals surface area contributed by atoms with E-state index in [1.165, 1.54) is 4.31 Å². The number of benzene rings is 2. The molecule has 2 atom stereocenters. The fourth-order valence-electron chi connectivity index (χ4n) is 3.64. The number of amides is 2. The first-order valence-corrected chi connectivity index (χ1v) is 9.73. The summed E-state index contributed by atoms with van der Waals surface area (Å²) in [6.45, 7) is 0. The van der Waals surface area contributed by atoms with Gasteiger partial charge in [0.25, 0.3) is 5.91 Å². The van der Waals surface area contributed by atoms with Crippen LogP contribution in [0.1, 0.15) is 27.7 Å². The normalized spacial score (nSPS) is 23.0. The lowest BCUT2D eigenvalue weighted by Gasteiger charge is -2.25. The molecule has 2 aliphatic heterocycles. The van der Waals surface area contributed by atoms with Gasteiger partial charge in [0, 0.05) is 11.1 Å². The van der Waals surface area contributed by atoms with Crippen LogP contribution in [0.2, 0.25) is 0 Å². The Kier molecular flexibility index (Phi) is 3.52. The summed E-state index contributed by atoms with van der Waals surface area (Å²) in [6, 6.07) is 15.1. The van der Waals surface area contributed by atoms with Crippen LogP contribution in [-0.4, -0.2) is 41.7 Å². The van der Waals surface area contributed by atoms with E-state index < -0.39 is 34.0 Å². The summed E-state index contributed by atoms with van der Waals surface area (Å²) in [5, 5.41) is 0. The van der Waals surface area contributed by atoms with Crippen molar-refractivity contribution in [3.8, 4) is 0 Å². The average Bonchev–Trinajstić information content (AvgIpc) is 3.03. The molecule has 0 aromatic heterocycles. The summed E-state index contributed by atoms with van der Waals surface area (Å²) in [6.07, 6.45) is 0.419. The SMILES string of the molecule is CS(=O)(=O)N1[C@@H](Cc2ccccc2)C(=O)N2C(=O)c3ccccc3[C@@H]21. The molecule has 1 fully saturated rings. The highest BCUT2D eigenvalue weighted by Crippen LogP contribution is 2.44. The molecule has 7 heteroatoms. The van der Waals surface area contributed by atoms with E-state index in [0.717, 1.165) is 16.7 Å². The van der Waals surface area contributed by atoms with Crippen LogP contribution < -0.4 is 0 Å². The van der Waals surface area contributed by atoms with Gasteiger partial charge >= 0.3 is 0 Å². The molecule has 4 rings (SSSR count). The van der Waals surface area contributed by atoms with Crippen molar-refractivity contribution < 1.29 is 18.0 Å². The van der Waals surface area contributed by atoms with Crippen LogP contribution in [0.25, 0.3) is 0 Å². The van der Waals surface area contributed by atoms with Crippen molar-refractivity contribution in [2.45, 2.75) is 18.6 Å². The fraction of sp³-hybridized carbons (Fsp3) is 0.222. The zero-order chi connectivity index (χ0) is 17.8. The largest absolute Gasteiger partial charge is 0.272 e. The zero-order valence-electron chi connectivity index (χ0n) is 13.5. The summed E-state index contributed by atoms with van der Waals surface area (Å²) in [7, 11) is -3.71. The Bertz CT molecular complexity index is 972. The van der Waals surface area contributed by atoms with Gasteiger partial charge in [-0.2, -0.15) is 4.31 Å². The quantitative estimate of drug-likeness (QED) is 0.782. The molecule has 0 spiro atoms. The van der Waals surface area contributed by atoms with E-state index in [9.17, 15) is 18.0 Å². The minimum absolute atomic E-state index is 0.231. The molecule has 6 nitrogen and oxygen atoms in total. The second kappa shape index (κ2) is 5.50. The number of nitrogens with zero attached hydrogens (tertiary/aromatic N) is 2. The molecular formula is C18H16N2O4S. The number of hydrogen-bond donors (Lipinski definition) is 0. The van der Waals surface area contributed by atoms with E-state index in [0.29, 0.717) is 11.1 Å². The van der Waals surface area contributed by atoms with Crippen molar-refractivity contribution in [2.75, 3.05) is 6.26 Å². The van der Waals surface area contributed by atoms with Crippen molar-refractivity contribution in [3.05, 3.63) is 71.3 Å². The van der Waals surface area contributed by atoms with E-state index in [1.807, 2.05) is 30.3 Å². The van der Waals surface area contributed by atoms with Crippen LogP contribution in [0.5, 0.6) is 0 Å². The van der Waals surface area contributed by atoms with Crippen LogP contribution in [0.4, 0.5) is 0 Å². The van der Waals surface area contributed by atoms with E-state index in [-0.39, 0.29) is 6.42 Å². The van der Waals surface area contributed by atoms with Crippen LogP contribution in [-0.2, 0) is 21.2 Å². The average molecular weight is 356 g/mol. The Balaban J connectivity index is 1.83. The predicted molar refractivity (Wildman–Crippen MR) is 91.0 cm³/mol. The third kappa shape index (κ3) is 2.39. The van der Waals surface area contributed by atoms with Crippen LogP contribution in [0.3, 0.4) is 0 Å². The Labute approximate surface area is 145 Å². The van der Waals surface area contributed by atoms with E-state index in [1.54, 1.807) is 24.3 Å². The first kappa shape index (κ1) is 16.0. The van der Waals surface area contributed by atoms with Crippen molar-refractivity contribution in [1.82, 2.24) is 9.21 Å². The molecule has 2 aromatic carbocycles. The monoisotopic (exact) mass is 356 g/mol. The fourth-order valence-corrected chi connectivity index (χ4v) is 4.83. The highest BCUT2D eigenvalue weighted by Gasteiger charge is 2.57. The van der Waals surface area contributed by atoms with Crippen molar-refractivity contribution in [1.29, 1.82) is 0 Å². The summed E-state index contributed by atoms with van der Waals surface area (Å²) >= 11 is 0. The Morgan fingerprint density at radius 3 is 2.28 bits per heavy atom. The first-order valence-electron chi connectivity index (χ1n) is 7.88. The van der Waals surface area contributed by atoms with Gasteiger partial charge in [0.2, 0.25) is 15.9 Å². The zero-order valence-corrected chi connectivity index (χ0v) is 14.3. The lowest BCUT2D eigenvalue weighted by atomic mass is 10.0. The van der Waals surface area contributed by atoms with Gasteiger partial charge in [0.15, 0.2) is 0 Å². The molecule has 0 unspecified atom stereocenters. The van der Waals surface area contributed by atoms with Gasteiger partial charge in [-0.1, -0.05) is 48.5 Å². The standard InChI is InChI=1S/C18H16N2O4S/c1-25(23,24)20-15(11-12-7-3-2-4-8-12)18(22)19-16(20)13-9-5-6-10-14(13)17(19)21/h2-10,15-16H,11H2,1H3/t15-,16-/m0/s1. The molecule has 0 radical (unpaired) electrons. The maximum absolute atomic E-state index is 12.9. The van der Waals surface area contributed by atoms with Crippen molar-refractivity contribution >= 4 is 21.8 Å². The number of sulfonamides is 1. The van der Waals surface area contributed by atoms with Crippen LogP contribution in [0, 0.1) is 0 Å². The molecule has 0 bridgehead atoms. The van der Waals surface area contributed by atoms with Gasteiger partial charge in [-0.05, 0) is 18.1 Å². The number of rotatable bonds is 3. The van der Waals surface area contributed by atoms with Gasteiger partial charge < -0.3 is 0 Å². The molecule has 0 saturated carbocycles. The number of carbonyl (C=O) groups excluding carboxylic acids is 2. The lowest BCUT2D eigenvalue weighted by molar-refractivity contribution is -0.127. The highest BCUT2D eigenvalue weighted by molar-refractivity contribution is 7.88. The summed E-state index contributed by atoms with van der Waals surface area (Å²) in [4.78, 5) is 26.7. The predicted octanol–water partition coefficient (Wildman–Crippen LogP) is 1.55. The summed E-state index contributed by atoms with van der Waals surface area (Å²) < 4.78 is 26.1.